The molecule has 0 aliphatic carbocycles. The monoisotopic (exact) mass is 262 g/mol. The minimum absolute atomic E-state index is 0.225. The Morgan fingerprint density at radius 2 is 1.79 bits per heavy atom. The molecule has 1 atom stereocenters. The van der Waals surface area contributed by atoms with Crippen LogP contribution in [0.25, 0.3) is 0 Å². The average molecular weight is 262 g/mol. The summed E-state index contributed by atoms with van der Waals surface area (Å²) in [6.45, 7) is 5.48. The van der Waals surface area contributed by atoms with Gasteiger partial charge in [0.15, 0.2) is 5.72 Å². The summed E-state index contributed by atoms with van der Waals surface area (Å²) in [5, 5.41) is 12.3. The van der Waals surface area contributed by atoms with Crippen molar-refractivity contribution in [2.75, 3.05) is 5.01 Å². The number of hydrazine groups is 1. The van der Waals surface area contributed by atoms with Crippen molar-refractivity contribution in [1.82, 2.24) is 5.43 Å². The second kappa shape index (κ2) is 4.35. The molecule has 2 N–H and O–H groups in total. The summed E-state index contributed by atoms with van der Waals surface area (Å²) in [6.07, 6.45) is -0.225. The number of anilines is 1. The molecule has 1 saturated heterocycles. The molecule has 0 saturated carbocycles. The average Bonchev–Trinajstić information content (AvgIpc) is 2.33. The van der Waals surface area contributed by atoms with Crippen molar-refractivity contribution in [3.8, 4) is 0 Å². The standard InChI is InChI=1S/C14H18N2O3/c1-13(2,3)14(19)9-11(17)12(18)15-16(14)10-7-5-4-6-8-10/h4-8,19H,9H2,1-3H3,(H,15,18). The second-order valence-electron chi connectivity index (χ2n) is 5.78. The van der Waals surface area contributed by atoms with E-state index < -0.39 is 22.8 Å². The first-order valence-corrected chi connectivity index (χ1v) is 6.17. The molecule has 1 amide bonds. The number of nitrogens with one attached hydrogen (secondary N) is 1. The number of hydrogen-bond acceptors (Lipinski definition) is 4. The summed E-state index contributed by atoms with van der Waals surface area (Å²) in [6, 6.07) is 9.00. The summed E-state index contributed by atoms with van der Waals surface area (Å²) >= 11 is 0. The molecule has 5 nitrogen and oxygen atoms in total. The SMILES string of the molecule is CC(C)(C)C1(O)CC(=O)C(=O)NN1c1ccccc1. The molecule has 1 aromatic carbocycles. The highest BCUT2D eigenvalue weighted by molar-refractivity contribution is 6.37. The molecule has 2 rings (SSSR count). The highest BCUT2D eigenvalue weighted by Gasteiger charge is 2.52. The summed E-state index contributed by atoms with van der Waals surface area (Å²) in [7, 11) is 0. The number of ketones is 1. The normalized spacial score (nSPS) is 24.3. The predicted molar refractivity (Wildman–Crippen MR) is 71.1 cm³/mol. The van der Waals surface area contributed by atoms with Crippen LogP contribution in [0.2, 0.25) is 0 Å². The third kappa shape index (κ3) is 2.21. The molecule has 19 heavy (non-hydrogen) atoms. The van der Waals surface area contributed by atoms with Crippen LogP contribution < -0.4 is 10.4 Å². The quantitative estimate of drug-likeness (QED) is 0.747. The zero-order valence-electron chi connectivity index (χ0n) is 11.3. The van der Waals surface area contributed by atoms with Crippen LogP contribution >= 0.6 is 0 Å². The second-order valence-corrected chi connectivity index (χ2v) is 5.78. The van der Waals surface area contributed by atoms with Crippen molar-refractivity contribution in [2.24, 2.45) is 5.41 Å². The number of hydrogen-bond donors (Lipinski definition) is 2. The Bertz CT molecular complexity index is 507. The Morgan fingerprint density at radius 1 is 1.21 bits per heavy atom. The van der Waals surface area contributed by atoms with Crippen LogP contribution in [0.5, 0.6) is 0 Å². The lowest BCUT2D eigenvalue weighted by Crippen LogP contribution is -2.69. The van der Waals surface area contributed by atoms with E-state index in [2.05, 4.69) is 5.43 Å². The van der Waals surface area contributed by atoms with Gasteiger partial charge in [0.05, 0.1) is 12.1 Å². The lowest BCUT2D eigenvalue weighted by atomic mass is 9.78. The van der Waals surface area contributed by atoms with Gasteiger partial charge < -0.3 is 5.11 Å². The summed E-state index contributed by atoms with van der Waals surface area (Å²) < 4.78 is 0. The van der Waals surface area contributed by atoms with E-state index in [1.165, 1.54) is 5.01 Å². The largest absolute Gasteiger partial charge is 0.368 e. The number of amides is 1. The Hall–Kier alpha value is -1.88. The molecule has 1 aliphatic heterocycles. The van der Waals surface area contributed by atoms with Crippen molar-refractivity contribution in [3.63, 3.8) is 0 Å². The van der Waals surface area contributed by atoms with E-state index in [4.69, 9.17) is 0 Å². The Kier molecular flexibility index (Phi) is 3.10. The van der Waals surface area contributed by atoms with Gasteiger partial charge in [-0.2, -0.15) is 0 Å². The maximum absolute atomic E-state index is 11.6. The topological polar surface area (TPSA) is 69.6 Å². The van der Waals surface area contributed by atoms with Gasteiger partial charge >= 0.3 is 5.91 Å². The first-order valence-electron chi connectivity index (χ1n) is 6.17. The van der Waals surface area contributed by atoms with Crippen LogP contribution in [0.3, 0.4) is 0 Å². The van der Waals surface area contributed by atoms with Gasteiger partial charge in [-0.15, -0.1) is 0 Å². The summed E-state index contributed by atoms with van der Waals surface area (Å²) in [5.74, 6) is -1.30. The van der Waals surface area contributed by atoms with Crippen molar-refractivity contribution >= 4 is 17.4 Å². The lowest BCUT2D eigenvalue weighted by molar-refractivity contribution is -0.153. The number of aliphatic hydroxyl groups is 1. The van der Waals surface area contributed by atoms with Gasteiger partial charge in [0.1, 0.15) is 0 Å². The molecular formula is C14H18N2O3. The molecule has 1 heterocycles. The van der Waals surface area contributed by atoms with Crippen LogP contribution in [-0.2, 0) is 9.59 Å². The fourth-order valence-electron chi connectivity index (χ4n) is 2.10. The van der Waals surface area contributed by atoms with Crippen LogP contribution in [-0.4, -0.2) is 22.5 Å². The van der Waals surface area contributed by atoms with Crippen molar-refractivity contribution in [2.45, 2.75) is 32.9 Å². The van der Waals surface area contributed by atoms with E-state index in [-0.39, 0.29) is 6.42 Å². The molecule has 0 spiro atoms. The number of para-hydroxylation sites is 1. The van der Waals surface area contributed by atoms with Crippen molar-refractivity contribution in [3.05, 3.63) is 30.3 Å². The minimum atomic E-state index is -1.46. The number of nitrogens with zero attached hydrogens (tertiary/aromatic N) is 1. The number of carbonyl (C=O) groups is 2. The van der Waals surface area contributed by atoms with Gasteiger partial charge in [-0.1, -0.05) is 39.0 Å². The Labute approximate surface area is 112 Å². The third-order valence-electron chi connectivity index (χ3n) is 3.46. The minimum Gasteiger partial charge on any atom is -0.368 e. The van der Waals surface area contributed by atoms with Gasteiger partial charge in [0.2, 0.25) is 5.78 Å². The fourth-order valence-corrected chi connectivity index (χ4v) is 2.10. The maximum Gasteiger partial charge on any atom is 0.306 e. The Morgan fingerprint density at radius 3 is 2.32 bits per heavy atom. The highest BCUT2D eigenvalue weighted by atomic mass is 16.3. The Balaban J connectivity index is 2.48. The number of Topliss-reactive ketones (excluding diaryl/α,β-unsaturated/α-hetero) is 1. The molecule has 1 aliphatic rings. The molecule has 0 radical (unpaired) electrons. The molecular weight excluding hydrogens is 244 g/mol. The first-order chi connectivity index (χ1) is 8.75. The molecule has 1 fully saturated rings. The van der Waals surface area contributed by atoms with Gasteiger partial charge in [0.25, 0.3) is 0 Å². The van der Waals surface area contributed by atoms with E-state index in [0.717, 1.165) is 0 Å². The van der Waals surface area contributed by atoms with Crippen LogP contribution in [0.4, 0.5) is 5.69 Å². The molecule has 5 heteroatoms. The van der Waals surface area contributed by atoms with Crippen molar-refractivity contribution in [1.29, 1.82) is 0 Å². The lowest BCUT2D eigenvalue weighted by Gasteiger charge is -2.50. The molecule has 1 unspecified atom stereocenters. The smallest absolute Gasteiger partial charge is 0.306 e. The predicted octanol–water partition coefficient (Wildman–Crippen LogP) is 1.23. The molecule has 1 aromatic rings. The highest BCUT2D eigenvalue weighted by Crippen LogP contribution is 2.39. The molecule has 102 valence electrons. The van der Waals surface area contributed by atoms with E-state index in [9.17, 15) is 14.7 Å². The maximum atomic E-state index is 11.6. The van der Waals surface area contributed by atoms with Crippen LogP contribution in [0.1, 0.15) is 27.2 Å². The number of carbonyl (C=O) groups excluding carboxylic acids is 2. The van der Waals surface area contributed by atoms with Crippen LogP contribution in [0.15, 0.2) is 30.3 Å². The molecule has 0 aromatic heterocycles. The van der Waals surface area contributed by atoms with E-state index in [1.807, 2.05) is 26.8 Å². The van der Waals surface area contributed by atoms with Gasteiger partial charge in [0, 0.05) is 5.41 Å². The van der Waals surface area contributed by atoms with Crippen molar-refractivity contribution < 1.29 is 14.7 Å². The van der Waals surface area contributed by atoms with Gasteiger partial charge in [-0.05, 0) is 12.1 Å². The zero-order valence-corrected chi connectivity index (χ0v) is 11.3. The third-order valence-corrected chi connectivity index (χ3v) is 3.46. The van der Waals surface area contributed by atoms with E-state index >= 15 is 0 Å². The van der Waals surface area contributed by atoms with Gasteiger partial charge in [-0.25, -0.2) is 0 Å². The zero-order chi connectivity index (χ0) is 14.3. The summed E-state index contributed by atoms with van der Waals surface area (Å²) in [4.78, 5) is 23.2. The molecule has 0 bridgehead atoms. The number of rotatable bonds is 1. The first kappa shape index (κ1) is 13.5. The summed E-state index contributed by atoms with van der Waals surface area (Å²) in [5.41, 5.74) is 1.05. The van der Waals surface area contributed by atoms with Gasteiger partial charge in [-0.3, -0.25) is 20.0 Å². The number of benzene rings is 1. The van der Waals surface area contributed by atoms with Crippen LogP contribution in [0, 0.1) is 5.41 Å². The fraction of sp³-hybridized carbons (Fsp3) is 0.429. The van der Waals surface area contributed by atoms with E-state index in [0.29, 0.717) is 5.69 Å². The van der Waals surface area contributed by atoms with E-state index in [1.54, 1.807) is 24.3 Å².